The first kappa shape index (κ1) is 13.9. The third-order valence-corrected chi connectivity index (χ3v) is 3.94. The highest BCUT2D eigenvalue weighted by Gasteiger charge is 2.07. The summed E-state index contributed by atoms with van der Waals surface area (Å²) < 4.78 is 1.90. The van der Waals surface area contributed by atoms with Gasteiger partial charge in [-0.2, -0.15) is 0 Å². The smallest absolute Gasteiger partial charge is 0.174 e. The van der Waals surface area contributed by atoms with Crippen molar-refractivity contribution in [1.82, 2.24) is 4.57 Å². The fourth-order valence-electron chi connectivity index (χ4n) is 2.17. The molecule has 1 heterocycles. The number of carbonyl (C=O) groups excluding carboxylic acids is 1. The van der Waals surface area contributed by atoms with E-state index in [2.05, 4.69) is 32.0 Å². The molecule has 0 fully saturated rings. The van der Waals surface area contributed by atoms with Crippen LogP contribution in [0.2, 0.25) is 0 Å². The van der Waals surface area contributed by atoms with E-state index in [0.29, 0.717) is 5.75 Å². The van der Waals surface area contributed by atoms with Crippen LogP contribution in [0.1, 0.15) is 27.0 Å². The summed E-state index contributed by atoms with van der Waals surface area (Å²) in [5, 5.41) is 0. The van der Waals surface area contributed by atoms with Gasteiger partial charge in [-0.1, -0.05) is 29.3 Å². The predicted octanol–water partition coefficient (Wildman–Crippen LogP) is 3.76. The Morgan fingerprint density at radius 1 is 1.21 bits per heavy atom. The lowest BCUT2D eigenvalue weighted by Gasteiger charge is -2.04. The van der Waals surface area contributed by atoms with Gasteiger partial charge in [0.05, 0.1) is 5.75 Å². The number of aryl methyl sites for hydroxylation is 3. The number of benzene rings is 1. The molecule has 2 aromatic rings. The van der Waals surface area contributed by atoms with Gasteiger partial charge in [-0.05, 0) is 25.5 Å². The Hall–Kier alpha value is -1.48. The summed E-state index contributed by atoms with van der Waals surface area (Å²) in [7, 11) is 1.93. The van der Waals surface area contributed by atoms with Crippen molar-refractivity contribution >= 4 is 17.5 Å². The van der Waals surface area contributed by atoms with Crippen molar-refractivity contribution in [3.05, 3.63) is 58.9 Å². The lowest BCUT2D eigenvalue weighted by molar-refractivity contribution is 0.102. The Morgan fingerprint density at radius 3 is 2.47 bits per heavy atom. The van der Waals surface area contributed by atoms with E-state index in [1.807, 2.05) is 30.1 Å². The van der Waals surface area contributed by atoms with Gasteiger partial charge in [-0.15, -0.1) is 11.8 Å². The second-order valence-electron chi connectivity index (χ2n) is 4.98. The van der Waals surface area contributed by atoms with Crippen LogP contribution in [0.25, 0.3) is 0 Å². The average molecular weight is 273 g/mol. The Morgan fingerprint density at radius 2 is 1.89 bits per heavy atom. The van der Waals surface area contributed by atoms with E-state index in [0.717, 1.165) is 11.3 Å². The highest BCUT2D eigenvalue weighted by Crippen LogP contribution is 2.17. The van der Waals surface area contributed by atoms with Crippen molar-refractivity contribution in [3.63, 3.8) is 0 Å². The van der Waals surface area contributed by atoms with Crippen LogP contribution < -0.4 is 0 Å². The second-order valence-corrected chi connectivity index (χ2v) is 5.96. The minimum atomic E-state index is 0.204. The number of rotatable bonds is 5. The molecule has 2 rings (SSSR count). The molecule has 0 unspecified atom stereocenters. The Kier molecular flexibility index (Phi) is 4.48. The molecule has 0 N–H and O–H groups in total. The van der Waals surface area contributed by atoms with Gasteiger partial charge < -0.3 is 4.57 Å². The Labute approximate surface area is 118 Å². The van der Waals surface area contributed by atoms with Gasteiger partial charge in [-0.25, -0.2) is 0 Å². The van der Waals surface area contributed by atoms with E-state index in [9.17, 15) is 4.79 Å². The molecule has 0 amide bonds. The van der Waals surface area contributed by atoms with Crippen LogP contribution in [-0.4, -0.2) is 16.1 Å². The molecule has 0 saturated heterocycles. The summed E-state index contributed by atoms with van der Waals surface area (Å²) in [6.45, 7) is 4.21. The van der Waals surface area contributed by atoms with Gasteiger partial charge in [0, 0.05) is 30.8 Å². The average Bonchev–Trinajstić information content (AvgIpc) is 2.74. The SMILES string of the molecule is Cc1cc(C)cc(CSCC(=O)c2ccn(C)c2)c1. The van der Waals surface area contributed by atoms with Crippen LogP contribution in [0.15, 0.2) is 36.7 Å². The van der Waals surface area contributed by atoms with Crippen molar-refractivity contribution in [2.45, 2.75) is 19.6 Å². The molecule has 100 valence electrons. The van der Waals surface area contributed by atoms with E-state index in [1.54, 1.807) is 11.8 Å². The van der Waals surface area contributed by atoms with Crippen molar-refractivity contribution in [2.75, 3.05) is 5.75 Å². The Bertz CT molecular complexity index is 566. The topological polar surface area (TPSA) is 22.0 Å². The third-order valence-electron chi connectivity index (χ3n) is 2.94. The van der Waals surface area contributed by atoms with E-state index in [1.165, 1.54) is 16.7 Å². The molecule has 0 spiro atoms. The predicted molar refractivity (Wildman–Crippen MR) is 81.8 cm³/mol. The molecule has 0 bridgehead atoms. The monoisotopic (exact) mass is 273 g/mol. The van der Waals surface area contributed by atoms with E-state index in [-0.39, 0.29) is 5.78 Å². The van der Waals surface area contributed by atoms with Crippen LogP contribution in [0.4, 0.5) is 0 Å². The largest absolute Gasteiger partial charge is 0.357 e. The molecule has 3 heteroatoms. The Balaban J connectivity index is 1.88. The van der Waals surface area contributed by atoms with Crippen LogP contribution in [0.5, 0.6) is 0 Å². The van der Waals surface area contributed by atoms with Gasteiger partial charge in [0.2, 0.25) is 0 Å². The molecular weight excluding hydrogens is 254 g/mol. The molecule has 0 radical (unpaired) electrons. The lowest BCUT2D eigenvalue weighted by atomic mass is 10.1. The molecular formula is C16H19NOS. The highest BCUT2D eigenvalue weighted by atomic mass is 32.2. The number of hydrogen-bond donors (Lipinski definition) is 0. The summed E-state index contributed by atoms with van der Waals surface area (Å²) >= 11 is 1.68. The molecule has 19 heavy (non-hydrogen) atoms. The first-order valence-electron chi connectivity index (χ1n) is 6.34. The molecule has 0 atom stereocenters. The van der Waals surface area contributed by atoms with E-state index in [4.69, 9.17) is 0 Å². The zero-order valence-corrected chi connectivity index (χ0v) is 12.5. The summed E-state index contributed by atoms with van der Waals surface area (Å²) in [6.07, 6.45) is 3.78. The van der Waals surface area contributed by atoms with Crippen molar-refractivity contribution in [1.29, 1.82) is 0 Å². The van der Waals surface area contributed by atoms with Gasteiger partial charge in [-0.3, -0.25) is 4.79 Å². The van der Waals surface area contributed by atoms with Crippen LogP contribution in [0, 0.1) is 13.8 Å². The number of Topliss-reactive ketones (excluding diaryl/α,β-unsaturated/α-hetero) is 1. The summed E-state index contributed by atoms with van der Waals surface area (Å²) in [6, 6.07) is 8.42. The quantitative estimate of drug-likeness (QED) is 0.774. The summed E-state index contributed by atoms with van der Waals surface area (Å²) in [5.41, 5.74) is 4.66. The maximum atomic E-state index is 11.9. The number of aromatic nitrogens is 1. The minimum Gasteiger partial charge on any atom is -0.357 e. The third kappa shape index (κ3) is 4.00. The lowest BCUT2D eigenvalue weighted by Crippen LogP contribution is -2.01. The standard InChI is InChI=1S/C16H19NOS/c1-12-6-13(2)8-14(7-12)10-19-11-16(18)15-4-5-17(3)9-15/h4-9H,10-11H2,1-3H3. The zero-order valence-electron chi connectivity index (χ0n) is 11.6. The van der Waals surface area contributed by atoms with Crippen LogP contribution in [-0.2, 0) is 12.8 Å². The summed E-state index contributed by atoms with van der Waals surface area (Å²) in [4.78, 5) is 11.9. The van der Waals surface area contributed by atoms with E-state index < -0.39 is 0 Å². The molecule has 1 aromatic carbocycles. The molecule has 1 aromatic heterocycles. The van der Waals surface area contributed by atoms with Gasteiger partial charge in [0.25, 0.3) is 0 Å². The minimum absolute atomic E-state index is 0.204. The molecule has 0 aliphatic carbocycles. The van der Waals surface area contributed by atoms with Crippen molar-refractivity contribution in [2.24, 2.45) is 7.05 Å². The normalized spacial score (nSPS) is 10.7. The van der Waals surface area contributed by atoms with Crippen LogP contribution in [0.3, 0.4) is 0 Å². The number of nitrogens with zero attached hydrogens (tertiary/aromatic N) is 1. The number of ketones is 1. The highest BCUT2D eigenvalue weighted by molar-refractivity contribution is 7.99. The molecule has 0 aliphatic heterocycles. The fourth-order valence-corrected chi connectivity index (χ4v) is 3.02. The maximum Gasteiger partial charge on any atom is 0.174 e. The molecule has 0 saturated carbocycles. The van der Waals surface area contributed by atoms with Crippen molar-refractivity contribution < 1.29 is 4.79 Å². The van der Waals surface area contributed by atoms with E-state index >= 15 is 0 Å². The molecule has 2 nitrogen and oxygen atoms in total. The van der Waals surface area contributed by atoms with Crippen LogP contribution >= 0.6 is 11.8 Å². The summed E-state index contributed by atoms with van der Waals surface area (Å²) in [5.74, 6) is 1.63. The van der Waals surface area contributed by atoms with Gasteiger partial charge >= 0.3 is 0 Å². The van der Waals surface area contributed by atoms with Gasteiger partial charge in [0.15, 0.2) is 5.78 Å². The van der Waals surface area contributed by atoms with Crippen molar-refractivity contribution in [3.8, 4) is 0 Å². The number of hydrogen-bond acceptors (Lipinski definition) is 2. The first-order chi connectivity index (χ1) is 9.04. The number of thioether (sulfide) groups is 1. The molecule has 0 aliphatic rings. The second kappa shape index (κ2) is 6.11. The maximum absolute atomic E-state index is 11.9. The number of carbonyl (C=O) groups is 1. The first-order valence-corrected chi connectivity index (χ1v) is 7.50. The van der Waals surface area contributed by atoms with Gasteiger partial charge in [0.1, 0.15) is 0 Å². The zero-order chi connectivity index (χ0) is 13.8. The fraction of sp³-hybridized carbons (Fsp3) is 0.312.